The number of rotatable bonds is 4. The van der Waals surface area contributed by atoms with E-state index in [2.05, 4.69) is 25.6 Å². The minimum Gasteiger partial charge on any atom is -0.393 e. The molecule has 0 radical (unpaired) electrons. The molecule has 3 aromatic rings. The second kappa shape index (κ2) is 6.27. The van der Waals surface area contributed by atoms with E-state index < -0.39 is 0 Å². The second-order valence-corrected chi connectivity index (χ2v) is 4.88. The van der Waals surface area contributed by atoms with Crippen molar-refractivity contribution in [2.45, 2.75) is 6.92 Å². The van der Waals surface area contributed by atoms with E-state index in [1.807, 2.05) is 19.1 Å². The van der Waals surface area contributed by atoms with Crippen LogP contribution < -0.4 is 16.4 Å². The monoisotopic (exact) mass is 310 g/mol. The van der Waals surface area contributed by atoms with Crippen molar-refractivity contribution < 1.29 is 4.39 Å². The number of nitrogens with zero attached hydrogens (tertiary/aromatic N) is 3. The van der Waals surface area contributed by atoms with Crippen molar-refractivity contribution >= 4 is 28.8 Å². The summed E-state index contributed by atoms with van der Waals surface area (Å²) >= 11 is 0. The number of hydrogen-bond acceptors (Lipinski definition) is 6. The quantitative estimate of drug-likeness (QED) is 0.684. The molecule has 1 aromatic carbocycles. The number of hydrogen-bond donors (Lipinski definition) is 3. The van der Waals surface area contributed by atoms with E-state index in [0.29, 0.717) is 17.5 Å². The fourth-order valence-corrected chi connectivity index (χ4v) is 2.02. The first-order valence-corrected chi connectivity index (χ1v) is 6.96. The van der Waals surface area contributed by atoms with E-state index in [1.165, 1.54) is 12.4 Å². The molecule has 116 valence electrons. The van der Waals surface area contributed by atoms with E-state index in [0.717, 1.165) is 5.69 Å². The summed E-state index contributed by atoms with van der Waals surface area (Å²) in [6.07, 6.45) is 1.34. The van der Waals surface area contributed by atoms with Crippen LogP contribution in [0.15, 0.2) is 48.8 Å². The Labute approximate surface area is 132 Å². The Balaban J connectivity index is 1.88. The zero-order valence-electron chi connectivity index (χ0n) is 12.4. The number of nitrogen functional groups attached to an aromatic ring is 1. The molecule has 4 N–H and O–H groups in total. The molecule has 6 nitrogen and oxygen atoms in total. The van der Waals surface area contributed by atoms with Gasteiger partial charge in [-0.2, -0.15) is 0 Å². The molecular formula is C16H15FN6. The number of anilines is 5. The maximum Gasteiger partial charge on any atom is 0.160 e. The molecule has 0 spiro atoms. The number of para-hydroxylation sites is 1. The van der Waals surface area contributed by atoms with Crippen LogP contribution >= 0.6 is 0 Å². The predicted octanol–water partition coefficient (Wildman–Crippen LogP) is 3.39. The van der Waals surface area contributed by atoms with Crippen molar-refractivity contribution in [2.24, 2.45) is 0 Å². The van der Waals surface area contributed by atoms with Gasteiger partial charge >= 0.3 is 0 Å². The van der Waals surface area contributed by atoms with E-state index in [4.69, 9.17) is 5.73 Å². The van der Waals surface area contributed by atoms with Gasteiger partial charge in [-0.05, 0) is 31.2 Å². The average molecular weight is 310 g/mol. The fourth-order valence-electron chi connectivity index (χ4n) is 2.02. The summed E-state index contributed by atoms with van der Waals surface area (Å²) in [5.74, 6) is 0.949. The van der Waals surface area contributed by atoms with Gasteiger partial charge in [-0.15, -0.1) is 0 Å². The predicted molar refractivity (Wildman–Crippen MR) is 88.4 cm³/mol. The zero-order chi connectivity index (χ0) is 16.2. The summed E-state index contributed by atoms with van der Waals surface area (Å²) in [6, 6.07) is 11.9. The Morgan fingerprint density at radius 2 is 1.70 bits per heavy atom. The van der Waals surface area contributed by atoms with Crippen LogP contribution in [-0.4, -0.2) is 15.0 Å². The smallest absolute Gasteiger partial charge is 0.160 e. The van der Waals surface area contributed by atoms with Gasteiger partial charge in [-0.1, -0.05) is 18.2 Å². The number of nitrogens with one attached hydrogen (secondary N) is 2. The summed E-state index contributed by atoms with van der Waals surface area (Å²) in [5, 5.41) is 5.90. The van der Waals surface area contributed by atoms with Crippen LogP contribution in [0.4, 0.5) is 33.2 Å². The molecule has 7 heteroatoms. The Kier molecular flexibility index (Phi) is 4.01. The molecule has 0 aliphatic carbocycles. The third-order valence-electron chi connectivity index (χ3n) is 3.15. The van der Waals surface area contributed by atoms with Gasteiger partial charge < -0.3 is 16.4 Å². The lowest BCUT2D eigenvalue weighted by atomic mass is 10.3. The second-order valence-electron chi connectivity index (χ2n) is 4.88. The number of aromatic nitrogens is 3. The Bertz CT molecular complexity index is 836. The van der Waals surface area contributed by atoms with E-state index in [1.54, 1.807) is 24.3 Å². The van der Waals surface area contributed by atoms with E-state index in [-0.39, 0.29) is 17.2 Å². The molecule has 0 saturated carbocycles. The van der Waals surface area contributed by atoms with Crippen LogP contribution in [0.3, 0.4) is 0 Å². The highest BCUT2D eigenvalue weighted by Gasteiger charge is 2.10. The maximum atomic E-state index is 13.7. The van der Waals surface area contributed by atoms with Crippen LogP contribution in [0, 0.1) is 12.7 Å². The Hall–Kier alpha value is -3.22. The molecule has 0 fully saturated rings. The van der Waals surface area contributed by atoms with Gasteiger partial charge in [-0.25, -0.2) is 19.3 Å². The molecule has 0 aliphatic rings. The molecule has 0 bridgehead atoms. The highest BCUT2D eigenvalue weighted by atomic mass is 19.1. The lowest BCUT2D eigenvalue weighted by Crippen LogP contribution is -2.06. The minimum absolute atomic E-state index is 0.277. The van der Waals surface area contributed by atoms with Crippen molar-refractivity contribution in [2.75, 3.05) is 16.4 Å². The number of nitrogens with two attached hydrogens (primary N) is 1. The summed E-state index contributed by atoms with van der Waals surface area (Å²) in [6.45, 7) is 1.89. The molecule has 2 heterocycles. The molecule has 2 aromatic heterocycles. The van der Waals surface area contributed by atoms with Crippen LogP contribution in [-0.2, 0) is 0 Å². The van der Waals surface area contributed by atoms with Crippen LogP contribution in [0.2, 0.25) is 0 Å². The summed E-state index contributed by atoms with van der Waals surface area (Å²) in [5.41, 5.74) is 7.50. The lowest BCUT2D eigenvalue weighted by molar-refractivity contribution is 0.632. The van der Waals surface area contributed by atoms with Crippen LogP contribution in [0.5, 0.6) is 0 Å². The maximum absolute atomic E-state index is 13.7. The normalized spacial score (nSPS) is 10.3. The van der Waals surface area contributed by atoms with Crippen molar-refractivity contribution in [3.8, 4) is 0 Å². The summed E-state index contributed by atoms with van der Waals surface area (Å²) < 4.78 is 13.7. The minimum atomic E-state index is -0.389. The molecule has 0 aliphatic heterocycles. The van der Waals surface area contributed by atoms with Gasteiger partial charge in [-0.3, -0.25) is 0 Å². The van der Waals surface area contributed by atoms with Crippen molar-refractivity contribution in [1.29, 1.82) is 0 Å². The first-order valence-electron chi connectivity index (χ1n) is 6.96. The SMILES string of the molecule is Cc1cccc(Nc2ncnc(Nc3ccccc3F)c2N)n1. The zero-order valence-corrected chi connectivity index (χ0v) is 12.4. The number of aryl methyl sites for hydroxylation is 1. The third kappa shape index (κ3) is 3.34. The van der Waals surface area contributed by atoms with Gasteiger partial charge in [0.25, 0.3) is 0 Å². The molecular weight excluding hydrogens is 295 g/mol. The van der Waals surface area contributed by atoms with Crippen molar-refractivity contribution in [3.63, 3.8) is 0 Å². The molecule has 0 amide bonds. The summed E-state index contributed by atoms with van der Waals surface area (Å²) in [4.78, 5) is 12.5. The Morgan fingerprint density at radius 3 is 2.43 bits per heavy atom. The molecule has 0 atom stereocenters. The topological polar surface area (TPSA) is 88.8 Å². The standard InChI is InChI=1S/C16H15FN6/c1-10-5-4-8-13(21-10)23-16-14(18)15(19-9-20-16)22-12-7-3-2-6-11(12)17/h2-9H,18H2,1H3,(H2,19,20,21,22,23). The van der Waals surface area contributed by atoms with Gasteiger partial charge in [0.2, 0.25) is 0 Å². The van der Waals surface area contributed by atoms with E-state index in [9.17, 15) is 4.39 Å². The largest absolute Gasteiger partial charge is 0.393 e. The number of benzene rings is 1. The number of halogens is 1. The first kappa shape index (κ1) is 14.7. The molecule has 0 saturated heterocycles. The van der Waals surface area contributed by atoms with Crippen molar-refractivity contribution in [1.82, 2.24) is 15.0 Å². The lowest BCUT2D eigenvalue weighted by Gasteiger charge is -2.12. The number of pyridine rings is 1. The van der Waals surface area contributed by atoms with Crippen LogP contribution in [0.25, 0.3) is 0 Å². The molecule has 23 heavy (non-hydrogen) atoms. The van der Waals surface area contributed by atoms with Gasteiger partial charge in [0.05, 0.1) is 5.69 Å². The third-order valence-corrected chi connectivity index (χ3v) is 3.15. The fraction of sp³-hybridized carbons (Fsp3) is 0.0625. The highest BCUT2D eigenvalue weighted by Crippen LogP contribution is 2.28. The van der Waals surface area contributed by atoms with Gasteiger partial charge in [0.15, 0.2) is 11.6 Å². The van der Waals surface area contributed by atoms with Crippen LogP contribution in [0.1, 0.15) is 5.69 Å². The summed E-state index contributed by atoms with van der Waals surface area (Å²) in [7, 11) is 0. The first-order chi connectivity index (χ1) is 11.1. The van der Waals surface area contributed by atoms with Gasteiger partial charge in [0, 0.05) is 5.69 Å². The highest BCUT2D eigenvalue weighted by molar-refractivity contribution is 5.79. The Morgan fingerprint density at radius 1 is 0.957 bits per heavy atom. The van der Waals surface area contributed by atoms with Crippen molar-refractivity contribution in [3.05, 3.63) is 60.3 Å². The van der Waals surface area contributed by atoms with E-state index >= 15 is 0 Å². The average Bonchev–Trinajstić information content (AvgIpc) is 2.53. The molecule has 0 unspecified atom stereocenters. The molecule has 3 rings (SSSR count). The van der Waals surface area contributed by atoms with Gasteiger partial charge in [0.1, 0.15) is 23.6 Å².